The number of ether oxygens (including phenoxy) is 2. The van der Waals surface area contributed by atoms with E-state index in [-0.39, 0.29) is 35.7 Å². The number of rotatable bonds is 7. The second-order valence-electron chi connectivity index (χ2n) is 7.58. The van der Waals surface area contributed by atoms with E-state index in [0.717, 1.165) is 16.9 Å². The van der Waals surface area contributed by atoms with E-state index in [9.17, 15) is 19.8 Å². The van der Waals surface area contributed by atoms with E-state index in [2.05, 4.69) is 20.3 Å². The van der Waals surface area contributed by atoms with E-state index < -0.39 is 36.1 Å². The standard InChI is InChI=1S/C17H23N7O7S/c1-17(28)10(25)8(4-30-32-5-7-13(26)23(2)16(27)20-7)31-14(17)24-6-19-9-11(24)21-15(18)22-12(9)29-3/h6-8,10,14,25,28H,4-5H2,1-3H3,(H,20,27)(H2,18,21,22)/t7-,8-,10-,14-,17-/m1/s1. The zero-order chi connectivity index (χ0) is 23.2. The van der Waals surface area contributed by atoms with Crippen molar-refractivity contribution in [2.24, 2.45) is 0 Å². The van der Waals surface area contributed by atoms with Gasteiger partial charge in [0, 0.05) is 12.8 Å². The van der Waals surface area contributed by atoms with Crippen LogP contribution in [0.3, 0.4) is 0 Å². The zero-order valence-electron chi connectivity index (χ0n) is 17.5. The van der Waals surface area contributed by atoms with Crippen molar-refractivity contribution in [2.75, 3.05) is 32.3 Å². The fraction of sp³-hybridized carbons (Fsp3) is 0.588. The Bertz CT molecular complexity index is 1050. The first kappa shape index (κ1) is 22.5. The lowest BCUT2D eigenvalue weighted by atomic mass is 9.96. The summed E-state index contributed by atoms with van der Waals surface area (Å²) < 4.78 is 18.0. The molecule has 0 aliphatic carbocycles. The van der Waals surface area contributed by atoms with E-state index in [1.54, 1.807) is 0 Å². The Kier molecular flexibility index (Phi) is 5.85. The van der Waals surface area contributed by atoms with Crippen LogP contribution >= 0.6 is 12.0 Å². The second-order valence-corrected chi connectivity index (χ2v) is 8.39. The number of anilines is 1. The minimum Gasteiger partial charge on any atom is -0.479 e. The molecule has 0 spiro atoms. The smallest absolute Gasteiger partial charge is 0.324 e. The molecule has 2 aliphatic rings. The number of urea groups is 1. The van der Waals surface area contributed by atoms with Gasteiger partial charge in [0.05, 0.1) is 20.0 Å². The maximum absolute atomic E-state index is 11.9. The molecule has 0 bridgehead atoms. The SMILES string of the molecule is COc1nc(N)nc2c1ncn2[C@@H]1O[C@H](COSC[C@H]2NC(=O)N(C)C2=O)[C@@H](O)[C@@]1(C)O. The number of aliphatic hydroxyl groups excluding tert-OH is 1. The van der Waals surface area contributed by atoms with Crippen LogP contribution in [0, 0.1) is 0 Å². The van der Waals surface area contributed by atoms with Crippen LogP contribution in [0.25, 0.3) is 11.2 Å². The van der Waals surface area contributed by atoms with Crippen LogP contribution < -0.4 is 15.8 Å². The van der Waals surface area contributed by atoms with Gasteiger partial charge in [-0.05, 0) is 19.0 Å². The van der Waals surface area contributed by atoms with Crippen molar-refractivity contribution in [3.05, 3.63) is 6.33 Å². The third kappa shape index (κ3) is 3.71. The number of aromatic nitrogens is 4. The van der Waals surface area contributed by atoms with Gasteiger partial charge in [0.2, 0.25) is 11.8 Å². The molecular weight excluding hydrogens is 446 g/mol. The van der Waals surface area contributed by atoms with Crippen molar-refractivity contribution in [2.45, 2.75) is 37.0 Å². The van der Waals surface area contributed by atoms with Crippen LogP contribution in [0.2, 0.25) is 0 Å². The number of nitrogen functional groups attached to an aromatic ring is 1. The van der Waals surface area contributed by atoms with Crippen LogP contribution in [0.15, 0.2) is 6.33 Å². The average molecular weight is 469 g/mol. The van der Waals surface area contributed by atoms with Gasteiger partial charge in [-0.3, -0.25) is 14.3 Å². The number of nitrogens with two attached hydrogens (primary N) is 1. The Morgan fingerprint density at radius 3 is 2.81 bits per heavy atom. The largest absolute Gasteiger partial charge is 0.479 e. The summed E-state index contributed by atoms with van der Waals surface area (Å²) in [6.07, 6.45) is -1.86. The highest BCUT2D eigenvalue weighted by atomic mass is 32.2. The molecule has 4 rings (SSSR count). The maximum atomic E-state index is 11.9. The Labute approximate surface area is 186 Å². The Hall–Kier alpha value is -2.72. The van der Waals surface area contributed by atoms with Crippen molar-refractivity contribution < 1.29 is 33.5 Å². The summed E-state index contributed by atoms with van der Waals surface area (Å²) in [5, 5.41) is 24.1. The highest BCUT2D eigenvalue weighted by Crippen LogP contribution is 2.40. The van der Waals surface area contributed by atoms with Crippen LogP contribution in [0.4, 0.5) is 10.7 Å². The number of methoxy groups -OCH3 is 1. The predicted molar refractivity (Wildman–Crippen MR) is 110 cm³/mol. The first-order valence-corrected chi connectivity index (χ1v) is 10.5. The summed E-state index contributed by atoms with van der Waals surface area (Å²) in [4.78, 5) is 36.7. The highest BCUT2D eigenvalue weighted by molar-refractivity contribution is 7.94. The molecule has 3 amide bonds. The highest BCUT2D eigenvalue weighted by Gasteiger charge is 2.53. The first-order chi connectivity index (χ1) is 15.1. The molecule has 14 nitrogen and oxygen atoms in total. The van der Waals surface area contributed by atoms with Gasteiger partial charge in [0.25, 0.3) is 5.91 Å². The number of nitrogens with zero attached hydrogens (tertiary/aromatic N) is 5. The zero-order valence-corrected chi connectivity index (χ0v) is 18.3. The molecule has 2 aromatic rings. The van der Waals surface area contributed by atoms with Crippen molar-refractivity contribution in [1.82, 2.24) is 29.7 Å². The first-order valence-electron chi connectivity index (χ1n) is 9.57. The summed E-state index contributed by atoms with van der Waals surface area (Å²) in [5.74, 6) is -0.0562. The number of hydrogen-bond donors (Lipinski definition) is 4. The Morgan fingerprint density at radius 2 is 2.16 bits per heavy atom. The number of imidazole rings is 1. The van der Waals surface area contributed by atoms with Crippen LogP contribution in [-0.4, -0.2) is 96.9 Å². The van der Waals surface area contributed by atoms with Crippen LogP contribution in [-0.2, 0) is 13.7 Å². The van der Waals surface area contributed by atoms with Crippen molar-refractivity contribution in [3.63, 3.8) is 0 Å². The lowest BCUT2D eigenvalue weighted by molar-refractivity contribution is -0.126. The normalized spacial score (nSPS) is 30.3. The molecule has 2 aromatic heterocycles. The van der Waals surface area contributed by atoms with Crippen LogP contribution in [0.1, 0.15) is 13.2 Å². The van der Waals surface area contributed by atoms with Gasteiger partial charge in [-0.1, -0.05) is 0 Å². The number of amides is 3. The molecular formula is C17H23N7O7S. The quantitative estimate of drug-likeness (QED) is 0.212. The third-order valence-corrected chi connectivity index (χ3v) is 6.16. The number of imide groups is 1. The van der Waals surface area contributed by atoms with Gasteiger partial charge in [0.15, 0.2) is 17.4 Å². The van der Waals surface area contributed by atoms with Gasteiger partial charge < -0.3 is 34.9 Å². The lowest BCUT2D eigenvalue weighted by Crippen LogP contribution is -2.44. The number of carbonyl (C=O) groups excluding carboxylic acids is 2. The van der Waals surface area contributed by atoms with E-state index in [1.807, 2.05) is 0 Å². The fourth-order valence-electron chi connectivity index (χ4n) is 3.58. The number of fused-ring (bicyclic) bond motifs is 1. The summed E-state index contributed by atoms with van der Waals surface area (Å²) in [5.41, 5.74) is 4.61. The molecule has 4 heterocycles. The van der Waals surface area contributed by atoms with Crippen molar-refractivity contribution in [3.8, 4) is 5.88 Å². The molecule has 0 saturated carbocycles. The average Bonchev–Trinajstić information content (AvgIpc) is 3.34. The summed E-state index contributed by atoms with van der Waals surface area (Å²) >= 11 is 0.948. The number of likely N-dealkylation sites (N-methyl/N-ethyl adjacent to an activating group) is 1. The molecule has 0 aromatic carbocycles. The van der Waals surface area contributed by atoms with Gasteiger partial charge in [-0.25, -0.2) is 9.78 Å². The second kappa shape index (κ2) is 8.32. The minimum atomic E-state index is -1.71. The molecule has 174 valence electrons. The summed E-state index contributed by atoms with van der Waals surface area (Å²) in [7, 11) is 2.81. The molecule has 0 unspecified atom stereocenters. The number of hydrogen-bond acceptors (Lipinski definition) is 12. The molecule has 15 heteroatoms. The molecule has 32 heavy (non-hydrogen) atoms. The Balaban J connectivity index is 1.43. The molecule has 2 saturated heterocycles. The summed E-state index contributed by atoms with van der Waals surface area (Å²) in [6.45, 7) is 1.34. The van der Waals surface area contributed by atoms with Gasteiger partial charge >= 0.3 is 6.03 Å². The fourth-order valence-corrected chi connectivity index (χ4v) is 4.27. The monoisotopic (exact) mass is 469 g/mol. The Morgan fingerprint density at radius 1 is 1.41 bits per heavy atom. The van der Waals surface area contributed by atoms with E-state index in [4.69, 9.17) is 19.4 Å². The van der Waals surface area contributed by atoms with Crippen molar-refractivity contribution in [1.29, 1.82) is 0 Å². The maximum Gasteiger partial charge on any atom is 0.324 e. The van der Waals surface area contributed by atoms with E-state index in [0.29, 0.717) is 5.52 Å². The molecule has 2 aliphatic heterocycles. The number of aliphatic hydroxyl groups is 2. The van der Waals surface area contributed by atoms with E-state index >= 15 is 0 Å². The van der Waals surface area contributed by atoms with Gasteiger partial charge in [0.1, 0.15) is 23.9 Å². The third-order valence-electron chi connectivity index (χ3n) is 5.39. The van der Waals surface area contributed by atoms with Gasteiger partial charge in [-0.15, -0.1) is 0 Å². The molecule has 2 fully saturated rings. The topological polar surface area (TPSA) is 187 Å². The van der Waals surface area contributed by atoms with Crippen LogP contribution in [0.5, 0.6) is 5.88 Å². The summed E-state index contributed by atoms with van der Waals surface area (Å²) in [6, 6.07) is -1.16. The number of nitrogens with one attached hydrogen (secondary N) is 1. The van der Waals surface area contributed by atoms with E-state index in [1.165, 1.54) is 32.0 Å². The molecule has 0 radical (unpaired) electrons. The molecule has 5 atom stereocenters. The number of carbonyl (C=O) groups is 2. The predicted octanol–water partition coefficient (Wildman–Crippen LogP) is -1.36. The van der Waals surface area contributed by atoms with Gasteiger partial charge in [-0.2, -0.15) is 9.97 Å². The van der Waals surface area contributed by atoms with Crippen molar-refractivity contribution >= 4 is 41.1 Å². The lowest BCUT2D eigenvalue weighted by Gasteiger charge is -2.27. The molecule has 5 N–H and O–H groups in total. The minimum absolute atomic E-state index is 0.0511.